The van der Waals surface area contributed by atoms with Gasteiger partial charge in [-0.3, -0.25) is 14.5 Å². The molecule has 160 valence electrons. The molecule has 1 unspecified atom stereocenters. The molecule has 2 N–H and O–H groups in total. The highest BCUT2D eigenvalue weighted by Gasteiger charge is 2.25. The van der Waals surface area contributed by atoms with Gasteiger partial charge >= 0.3 is 11.8 Å². The largest absolute Gasteiger partial charge is 0.348 e. The lowest BCUT2D eigenvalue weighted by molar-refractivity contribution is -0.139. The molecule has 1 heterocycles. The van der Waals surface area contributed by atoms with Crippen molar-refractivity contribution >= 4 is 11.8 Å². The van der Waals surface area contributed by atoms with Crippen LogP contribution in [0.15, 0.2) is 54.6 Å². The minimum atomic E-state index is -0.577. The van der Waals surface area contributed by atoms with E-state index in [9.17, 15) is 9.59 Å². The first-order valence-electron chi connectivity index (χ1n) is 10.6. The van der Waals surface area contributed by atoms with Gasteiger partial charge in [0, 0.05) is 39.3 Å². The van der Waals surface area contributed by atoms with Gasteiger partial charge in [-0.05, 0) is 31.5 Å². The third-order valence-corrected chi connectivity index (χ3v) is 5.65. The van der Waals surface area contributed by atoms with Gasteiger partial charge in [0.2, 0.25) is 0 Å². The van der Waals surface area contributed by atoms with Crippen molar-refractivity contribution in [2.24, 2.45) is 0 Å². The molecule has 0 saturated carbocycles. The third-order valence-electron chi connectivity index (χ3n) is 5.65. The van der Waals surface area contributed by atoms with Crippen LogP contribution in [-0.2, 0) is 16.0 Å². The van der Waals surface area contributed by atoms with Gasteiger partial charge < -0.3 is 15.5 Å². The topological polar surface area (TPSA) is 64.7 Å². The van der Waals surface area contributed by atoms with E-state index in [2.05, 4.69) is 58.7 Å². The Labute approximate surface area is 179 Å². The number of carbonyl (C=O) groups excluding carboxylic acids is 2. The maximum atomic E-state index is 12.4. The highest BCUT2D eigenvalue weighted by atomic mass is 16.2. The predicted molar refractivity (Wildman–Crippen MR) is 119 cm³/mol. The van der Waals surface area contributed by atoms with Crippen LogP contribution in [0.4, 0.5) is 0 Å². The number of carbonyl (C=O) groups is 2. The Morgan fingerprint density at radius 1 is 0.900 bits per heavy atom. The Kier molecular flexibility index (Phi) is 7.99. The van der Waals surface area contributed by atoms with Gasteiger partial charge in [0.1, 0.15) is 0 Å². The first-order valence-corrected chi connectivity index (χ1v) is 10.6. The van der Waals surface area contributed by atoms with Crippen LogP contribution in [0, 0.1) is 6.92 Å². The lowest BCUT2D eigenvalue weighted by Gasteiger charge is -2.38. The zero-order valence-corrected chi connectivity index (χ0v) is 17.9. The van der Waals surface area contributed by atoms with E-state index in [1.807, 2.05) is 30.3 Å². The van der Waals surface area contributed by atoms with E-state index < -0.39 is 11.8 Å². The summed E-state index contributed by atoms with van der Waals surface area (Å²) in [5, 5.41) is 5.56. The van der Waals surface area contributed by atoms with Crippen molar-refractivity contribution in [1.82, 2.24) is 20.4 Å². The first-order chi connectivity index (χ1) is 14.5. The van der Waals surface area contributed by atoms with Gasteiger partial charge in [-0.1, -0.05) is 60.2 Å². The molecule has 30 heavy (non-hydrogen) atoms. The highest BCUT2D eigenvalue weighted by molar-refractivity contribution is 6.35. The monoisotopic (exact) mass is 408 g/mol. The fourth-order valence-corrected chi connectivity index (χ4v) is 3.69. The minimum Gasteiger partial charge on any atom is -0.348 e. The maximum Gasteiger partial charge on any atom is 0.309 e. The molecular weight excluding hydrogens is 376 g/mol. The number of hydrogen-bond acceptors (Lipinski definition) is 4. The number of benzene rings is 2. The second-order valence-corrected chi connectivity index (χ2v) is 7.97. The van der Waals surface area contributed by atoms with Crippen LogP contribution in [0.3, 0.4) is 0 Å². The van der Waals surface area contributed by atoms with Crippen molar-refractivity contribution in [2.45, 2.75) is 19.4 Å². The van der Waals surface area contributed by atoms with E-state index in [0.29, 0.717) is 19.5 Å². The van der Waals surface area contributed by atoms with Crippen LogP contribution < -0.4 is 10.6 Å². The molecule has 0 aliphatic carbocycles. The second kappa shape index (κ2) is 10.9. The average Bonchev–Trinajstić information content (AvgIpc) is 2.76. The molecule has 1 aliphatic heterocycles. The van der Waals surface area contributed by atoms with Crippen LogP contribution in [0.5, 0.6) is 0 Å². The molecule has 2 amide bonds. The van der Waals surface area contributed by atoms with Crippen molar-refractivity contribution in [2.75, 3.05) is 46.3 Å². The van der Waals surface area contributed by atoms with Gasteiger partial charge in [-0.15, -0.1) is 0 Å². The zero-order chi connectivity index (χ0) is 21.3. The number of aryl methyl sites for hydroxylation is 1. The summed E-state index contributed by atoms with van der Waals surface area (Å²) >= 11 is 0. The number of rotatable bonds is 7. The average molecular weight is 409 g/mol. The first kappa shape index (κ1) is 22.0. The standard InChI is InChI=1S/C24H32N4O2/c1-19-8-10-21(11-9-19)22(28-16-14-27(2)15-17-28)18-26-24(30)23(29)25-13-12-20-6-4-3-5-7-20/h3-11,22H,12-18H2,1-2H3,(H,25,29)(H,26,30). The Morgan fingerprint density at radius 3 is 2.20 bits per heavy atom. The number of likely N-dealkylation sites (N-methyl/N-ethyl adjacent to an activating group) is 1. The van der Waals surface area contributed by atoms with E-state index in [1.54, 1.807) is 0 Å². The van der Waals surface area contributed by atoms with E-state index in [4.69, 9.17) is 0 Å². The number of hydrogen-bond donors (Lipinski definition) is 2. The summed E-state index contributed by atoms with van der Waals surface area (Å²) in [5.74, 6) is -1.15. The Hall–Kier alpha value is -2.70. The van der Waals surface area contributed by atoms with E-state index in [-0.39, 0.29) is 6.04 Å². The maximum absolute atomic E-state index is 12.4. The molecule has 0 radical (unpaired) electrons. The number of amides is 2. The summed E-state index contributed by atoms with van der Waals surface area (Å²) in [7, 11) is 2.12. The predicted octanol–water partition coefficient (Wildman–Crippen LogP) is 1.76. The van der Waals surface area contributed by atoms with Crippen molar-refractivity contribution < 1.29 is 9.59 Å². The molecule has 2 aromatic rings. The number of nitrogens with zero attached hydrogens (tertiary/aromatic N) is 2. The van der Waals surface area contributed by atoms with E-state index >= 15 is 0 Å². The molecule has 6 heteroatoms. The van der Waals surface area contributed by atoms with Crippen molar-refractivity contribution in [1.29, 1.82) is 0 Å². The van der Waals surface area contributed by atoms with Crippen molar-refractivity contribution in [3.8, 4) is 0 Å². The quantitative estimate of drug-likeness (QED) is 0.686. The smallest absolute Gasteiger partial charge is 0.309 e. The third kappa shape index (κ3) is 6.40. The molecular formula is C24H32N4O2. The van der Waals surface area contributed by atoms with Gasteiger partial charge in [0.05, 0.1) is 6.04 Å². The molecule has 0 spiro atoms. The zero-order valence-electron chi connectivity index (χ0n) is 17.9. The Morgan fingerprint density at radius 2 is 1.53 bits per heavy atom. The lowest BCUT2D eigenvalue weighted by atomic mass is 10.0. The van der Waals surface area contributed by atoms with Gasteiger partial charge in [0.25, 0.3) is 0 Å². The Bertz CT molecular complexity index is 815. The van der Waals surface area contributed by atoms with Crippen LogP contribution >= 0.6 is 0 Å². The molecule has 0 bridgehead atoms. The van der Waals surface area contributed by atoms with Crippen molar-refractivity contribution in [3.05, 3.63) is 71.3 Å². The molecule has 1 aliphatic rings. The minimum absolute atomic E-state index is 0.0559. The fraction of sp³-hybridized carbons (Fsp3) is 0.417. The van der Waals surface area contributed by atoms with Gasteiger partial charge in [0.15, 0.2) is 0 Å². The van der Waals surface area contributed by atoms with Gasteiger partial charge in [-0.25, -0.2) is 0 Å². The summed E-state index contributed by atoms with van der Waals surface area (Å²) in [6.45, 7) is 6.79. The fourth-order valence-electron chi connectivity index (χ4n) is 3.69. The summed E-state index contributed by atoms with van der Waals surface area (Å²) in [6.07, 6.45) is 0.702. The summed E-state index contributed by atoms with van der Waals surface area (Å²) < 4.78 is 0. The summed E-state index contributed by atoms with van der Waals surface area (Å²) in [6, 6.07) is 18.4. The molecule has 0 aromatic heterocycles. The molecule has 6 nitrogen and oxygen atoms in total. The molecule has 1 saturated heterocycles. The van der Waals surface area contributed by atoms with Crippen LogP contribution in [0.25, 0.3) is 0 Å². The molecule has 2 aromatic carbocycles. The normalized spacial score (nSPS) is 16.1. The summed E-state index contributed by atoms with van der Waals surface area (Å²) in [5.41, 5.74) is 3.50. The summed E-state index contributed by atoms with van der Waals surface area (Å²) in [4.78, 5) is 29.3. The Balaban J connectivity index is 1.54. The van der Waals surface area contributed by atoms with E-state index in [1.165, 1.54) is 5.56 Å². The van der Waals surface area contributed by atoms with Crippen LogP contribution in [0.2, 0.25) is 0 Å². The van der Waals surface area contributed by atoms with Crippen molar-refractivity contribution in [3.63, 3.8) is 0 Å². The molecule has 3 rings (SSSR count). The SMILES string of the molecule is Cc1ccc(C(CNC(=O)C(=O)NCCc2ccccc2)N2CCN(C)CC2)cc1. The number of piperazine rings is 1. The van der Waals surface area contributed by atoms with Crippen LogP contribution in [-0.4, -0.2) is 67.9 Å². The lowest BCUT2D eigenvalue weighted by Crippen LogP contribution is -2.49. The van der Waals surface area contributed by atoms with Gasteiger partial charge in [-0.2, -0.15) is 0 Å². The van der Waals surface area contributed by atoms with Crippen LogP contribution in [0.1, 0.15) is 22.7 Å². The molecule has 1 fully saturated rings. The highest BCUT2D eigenvalue weighted by Crippen LogP contribution is 2.22. The molecule has 1 atom stereocenters. The second-order valence-electron chi connectivity index (χ2n) is 7.97. The van der Waals surface area contributed by atoms with E-state index in [0.717, 1.165) is 37.3 Å². The number of nitrogens with one attached hydrogen (secondary N) is 2.